The van der Waals surface area contributed by atoms with Gasteiger partial charge in [0.2, 0.25) is 5.91 Å². The van der Waals surface area contributed by atoms with Crippen molar-refractivity contribution in [2.24, 2.45) is 11.5 Å². The zero-order valence-electron chi connectivity index (χ0n) is 17.9. The van der Waals surface area contributed by atoms with Crippen LogP contribution in [0.4, 0.5) is 0 Å². The number of likely N-dealkylation sites (N-methyl/N-ethyl adjacent to an activating group) is 1. The second-order valence-corrected chi connectivity index (χ2v) is 7.45. The summed E-state index contributed by atoms with van der Waals surface area (Å²) in [6.45, 7) is 1.29. The second kappa shape index (κ2) is 10.0. The van der Waals surface area contributed by atoms with Gasteiger partial charge in [-0.3, -0.25) is 9.59 Å². The number of methoxy groups -OCH3 is 1. The van der Waals surface area contributed by atoms with Gasteiger partial charge in [0.25, 0.3) is 5.91 Å². The molecule has 3 rings (SSSR count). The number of para-hydroxylation sites is 1. The Morgan fingerprint density at radius 1 is 1.29 bits per heavy atom. The molecule has 1 aromatic rings. The maximum absolute atomic E-state index is 12.7. The van der Waals surface area contributed by atoms with Gasteiger partial charge in [-0.25, -0.2) is 0 Å². The van der Waals surface area contributed by atoms with Crippen LogP contribution in [0.15, 0.2) is 53.5 Å². The number of hydrogen-bond donors (Lipinski definition) is 3. The van der Waals surface area contributed by atoms with Gasteiger partial charge in [0.1, 0.15) is 24.0 Å². The summed E-state index contributed by atoms with van der Waals surface area (Å²) < 4.78 is 10.8. The van der Waals surface area contributed by atoms with Crippen LogP contribution in [0.25, 0.3) is 5.70 Å². The Morgan fingerprint density at radius 3 is 2.84 bits per heavy atom. The smallest absolute Gasteiger partial charge is 0.271 e. The summed E-state index contributed by atoms with van der Waals surface area (Å²) in [6.07, 6.45) is 4.78. The van der Waals surface area contributed by atoms with Crippen molar-refractivity contribution in [3.8, 4) is 5.75 Å². The molecule has 0 aromatic heterocycles. The summed E-state index contributed by atoms with van der Waals surface area (Å²) in [4.78, 5) is 28.6. The zero-order chi connectivity index (χ0) is 22.4. The molecule has 166 valence electrons. The minimum Gasteiger partial charge on any atom is -0.496 e. The first-order valence-electron chi connectivity index (χ1n) is 10.1. The Kier molecular flexibility index (Phi) is 7.19. The standard InChI is InChI=1S/C22H29N5O4/c1-26-14-31-13-15-6-5-11-27(21(15)22(26)29)12-20(28)25-19(24)10-9-17(23)16-7-3-4-8-18(16)30-2/h3-4,7-10H,5-6,11-14,23-24H2,1-2H3,(H,25,28)/b17-9-,19-10+. The molecule has 0 bridgehead atoms. The van der Waals surface area contributed by atoms with Crippen molar-refractivity contribution in [3.63, 3.8) is 0 Å². The number of carbonyl (C=O) groups excluding carboxylic acids is 2. The molecule has 0 unspecified atom stereocenters. The van der Waals surface area contributed by atoms with Crippen LogP contribution in [0.5, 0.6) is 5.75 Å². The maximum Gasteiger partial charge on any atom is 0.271 e. The summed E-state index contributed by atoms with van der Waals surface area (Å²) in [5.74, 6) is 0.355. The number of allylic oxidation sites excluding steroid dienone is 2. The van der Waals surface area contributed by atoms with Gasteiger partial charge < -0.3 is 36.1 Å². The monoisotopic (exact) mass is 427 g/mol. The first kappa shape index (κ1) is 22.2. The van der Waals surface area contributed by atoms with Crippen molar-refractivity contribution in [1.29, 1.82) is 0 Å². The summed E-state index contributed by atoms with van der Waals surface area (Å²) >= 11 is 0. The van der Waals surface area contributed by atoms with Gasteiger partial charge >= 0.3 is 0 Å². The molecule has 1 aromatic carbocycles. The van der Waals surface area contributed by atoms with Crippen LogP contribution in [-0.4, -0.2) is 62.2 Å². The van der Waals surface area contributed by atoms with E-state index in [0.29, 0.717) is 30.3 Å². The van der Waals surface area contributed by atoms with Crippen molar-refractivity contribution in [2.75, 3.05) is 40.6 Å². The molecule has 0 aliphatic carbocycles. The summed E-state index contributed by atoms with van der Waals surface area (Å²) in [5.41, 5.74) is 14.7. The van der Waals surface area contributed by atoms with Crippen molar-refractivity contribution in [2.45, 2.75) is 12.8 Å². The average molecular weight is 428 g/mol. The first-order valence-corrected chi connectivity index (χ1v) is 10.1. The van der Waals surface area contributed by atoms with E-state index in [4.69, 9.17) is 20.9 Å². The molecule has 2 heterocycles. The number of nitrogens with zero attached hydrogens (tertiary/aromatic N) is 2. The van der Waals surface area contributed by atoms with Crippen molar-refractivity contribution < 1.29 is 19.1 Å². The van der Waals surface area contributed by atoms with Gasteiger partial charge in [-0.15, -0.1) is 0 Å². The third-order valence-electron chi connectivity index (χ3n) is 5.15. The topological polar surface area (TPSA) is 123 Å². The molecule has 0 radical (unpaired) electrons. The lowest BCUT2D eigenvalue weighted by atomic mass is 10.0. The molecule has 2 aliphatic heterocycles. The van der Waals surface area contributed by atoms with Crippen molar-refractivity contribution >= 4 is 17.5 Å². The van der Waals surface area contributed by atoms with Crippen LogP contribution < -0.4 is 21.5 Å². The Balaban J connectivity index is 1.66. The van der Waals surface area contributed by atoms with E-state index in [0.717, 1.165) is 24.0 Å². The zero-order valence-corrected chi connectivity index (χ0v) is 17.9. The lowest BCUT2D eigenvalue weighted by Gasteiger charge is -2.32. The Hall–Kier alpha value is -3.46. The number of nitrogens with one attached hydrogen (secondary N) is 1. The molecule has 0 fully saturated rings. The van der Waals surface area contributed by atoms with E-state index >= 15 is 0 Å². The summed E-state index contributed by atoms with van der Waals surface area (Å²) in [6, 6.07) is 7.35. The van der Waals surface area contributed by atoms with Gasteiger partial charge in [0.05, 0.1) is 20.3 Å². The molecule has 9 heteroatoms. The van der Waals surface area contributed by atoms with Crippen molar-refractivity contribution in [1.82, 2.24) is 15.1 Å². The number of benzene rings is 1. The van der Waals surface area contributed by atoms with E-state index < -0.39 is 0 Å². The lowest BCUT2D eigenvalue weighted by Crippen LogP contribution is -2.44. The highest BCUT2D eigenvalue weighted by Gasteiger charge is 2.31. The molecule has 2 aliphatic rings. The molecule has 5 N–H and O–H groups in total. The van der Waals surface area contributed by atoms with Gasteiger partial charge in [-0.1, -0.05) is 12.1 Å². The van der Waals surface area contributed by atoms with Crippen molar-refractivity contribution in [3.05, 3.63) is 59.1 Å². The molecule has 9 nitrogen and oxygen atoms in total. The van der Waals surface area contributed by atoms with Crippen LogP contribution in [0.1, 0.15) is 18.4 Å². The third-order valence-corrected chi connectivity index (χ3v) is 5.15. The number of carbonyl (C=O) groups is 2. The van der Waals surface area contributed by atoms with E-state index in [1.807, 2.05) is 24.3 Å². The molecule has 2 amide bonds. The predicted octanol–water partition coefficient (Wildman–Crippen LogP) is 0.707. The van der Waals surface area contributed by atoms with Crippen LogP contribution in [0, 0.1) is 0 Å². The fraction of sp³-hybridized carbons (Fsp3) is 0.364. The van der Waals surface area contributed by atoms with E-state index in [9.17, 15) is 9.59 Å². The Bertz CT molecular complexity index is 938. The summed E-state index contributed by atoms with van der Waals surface area (Å²) in [7, 11) is 3.26. The highest BCUT2D eigenvalue weighted by molar-refractivity contribution is 5.94. The number of ether oxygens (including phenoxy) is 2. The largest absolute Gasteiger partial charge is 0.496 e. The minimum atomic E-state index is -0.313. The maximum atomic E-state index is 12.7. The normalized spacial score (nSPS) is 17.9. The molecular formula is C22H29N5O4. The van der Waals surface area contributed by atoms with Crippen LogP contribution in [-0.2, 0) is 14.3 Å². The molecule has 31 heavy (non-hydrogen) atoms. The van der Waals surface area contributed by atoms with E-state index in [-0.39, 0.29) is 30.9 Å². The molecule has 0 spiro atoms. The quantitative estimate of drug-likeness (QED) is 0.571. The van der Waals surface area contributed by atoms with E-state index in [1.165, 1.54) is 11.0 Å². The fourth-order valence-corrected chi connectivity index (χ4v) is 3.64. The van der Waals surface area contributed by atoms with Crippen LogP contribution >= 0.6 is 0 Å². The van der Waals surface area contributed by atoms with Crippen LogP contribution in [0.2, 0.25) is 0 Å². The summed E-state index contributed by atoms with van der Waals surface area (Å²) in [5, 5.41) is 2.65. The third kappa shape index (κ3) is 5.37. The molecule has 0 saturated heterocycles. The Labute approximate surface area is 181 Å². The highest BCUT2D eigenvalue weighted by Crippen LogP contribution is 2.26. The van der Waals surface area contributed by atoms with Gasteiger partial charge in [0, 0.05) is 24.9 Å². The predicted molar refractivity (Wildman–Crippen MR) is 117 cm³/mol. The molecule has 0 saturated carbocycles. The van der Waals surface area contributed by atoms with Crippen LogP contribution in [0.3, 0.4) is 0 Å². The molecular weight excluding hydrogens is 398 g/mol. The van der Waals surface area contributed by atoms with Gasteiger partial charge in [-0.2, -0.15) is 0 Å². The number of nitrogens with two attached hydrogens (primary N) is 2. The average Bonchev–Trinajstić information content (AvgIpc) is 2.90. The lowest BCUT2D eigenvalue weighted by molar-refractivity contribution is -0.131. The van der Waals surface area contributed by atoms with E-state index in [2.05, 4.69) is 5.32 Å². The van der Waals surface area contributed by atoms with Gasteiger partial charge in [-0.05, 0) is 42.7 Å². The molecule has 0 atom stereocenters. The second-order valence-electron chi connectivity index (χ2n) is 7.45. The number of hydrogen-bond acceptors (Lipinski definition) is 7. The first-order chi connectivity index (χ1) is 14.9. The highest BCUT2D eigenvalue weighted by atomic mass is 16.5. The SMILES string of the molecule is COc1ccccc1/C(N)=C/C=C(\N)NC(=O)CN1CCCC2=C1C(=O)N(C)COC2. The fourth-order valence-electron chi connectivity index (χ4n) is 3.64. The Morgan fingerprint density at radius 2 is 2.06 bits per heavy atom. The number of rotatable bonds is 6. The number of amides is 2. The minimum absolute atomic E-state index is 0.0264. The van der Waals surface area contributed by atoms with Gasteiger partial charge in [0.15, 0.2) is 0 Å². The van der Waals surface area contributed by atoms with E-state index in [1.54, 1.807) is 25.1 Å².